The Labute approximate surface area is 156 Å². The van der Waals surface area contributed by atoms with Gasteiger partial charge in [0.15, 0.2) is 5.11 Å². The van der Waals surface area contributed by atoms with Crippen molar-refractivity contribution in [1.29, 1.82) is 0 Å². The standard InChI is InChI=1S/C19H28ClN3S/c1-14-17(20)8-5-9-18(14)21-19(24)23-12-10-16(11-13-23)22(2)15-6-3-4-7-15/h5,8-9,15-16H,3-4,6-7,10-13H2,1-2H3,(H,21,24)/p+1. The minimum Gasteiger partial charge on any atom is -0.349 e. The second-order valence-electron chi connectivity index (χ2n) is 7.33. The molecule has 0 spiro atoms. The first-order chi connectivity index (χ1) is 11.6. The topological polar surface area (TPSA) is 19.7 Å². The van der Waals surface area contributed by atoms with E-state index in [2.05, 4.69) is 17.3 Å². The molecule has 0 aromatic heterocycles. The highest BCUT2D eigenvalue weighted by atomic mass is 35.5. The van der Waals surface area contributed by atoms with E-state index in [4.69, 9.17) is 23.8 Å². The summed E-state index contributed by atoms with van der Waals surface area (Å²) in [6.45, 7) is 4.14. The number of nitrogens with zero attached hydrogens (tertiary/aromatic N) is 1. The monoisotopic (exact) mass is 366 g/mol. The van der Waals surface area contributed by atoms with E-state index in [0.29, 0.717) is 0 Å². The third-order valence-electron chi connectivity index (χ3n) is 5.93. The number of rotatable bonds is 3. The summed E-state index contributed by atoms with van der Waals surface area (Å²) >= 11 is 11.8. The van der Waals surface area contributed by atoms with Crippen LogP contribution in [0.15, 0.2) is 18.2 Å². The van der Waals surface area contributed by atoms with Crippen molar-refractivity contribution in [2.24, 2.45) is 0 Å². The average Bonchev–Trinajstić information content (AvgIpc) is 3.13. The van der Waals surface area contributed by atoms with Crippen molar-refractivity contribution in [3.63, 3.8) is 0 Å². The highest BCUT2D eigenvalue weighted by Gasteiger charge is 2.32. The molecular formula is C19H29ClN3S+. The Balaban J connectivity index is 1.52. The molecule has 0 amide bonds. The highest BCUT2D eigenvalue weighted by Crippen LogP contribution is 2.24. The van der Waals surface area contributed by atoms with E-state index in [1.807, 2.05) is 25.1 Å². The van der Waals surface area contributed by atoms with Gasteiger partial charge in [-0.05, 0) is 62.5 Å². The van der Waals surface area contributed by atoms with Crippen molar-refractivity contribution in [2.75, 3.05) is 25.5 Å². The Bertz CT molecular complexity index is 578. The molecule has 0 bridgehead atoms. The molecule has 1 aromatic carbocycles. The molecule has 24 heavy (non-hydrogen) atoms. The van der Waals surface area contributed by atoms with E-state index in [9.17, 15) is 0 Å². The van der Waals surface area contributed by atoms with E-state index in [-0.39, 0.29) is 0 Å². The maximum atomic E-state index is 6.20. The van der Waals surface area contributed by atoms with E-state index >= 15 is 0 Å². The Hall–Kier alpha value is -0.840. The van der Waals surface area contributed by atoms with Crippen LogP contribution in [0.1, 0.15) is 44.1 Å². The molecule has 1 aliphatic carbocycles. The summed E-state index contributed by atoms with van der Waals surface area (Å²) < 4.78 is 0. The van der Waals surface area contributed by atoms with Gasteiger partial charge in [0.1, 0.15) is 0 Å². The number of nitrogens with one attached hydrogen (secondary N) is 2. The van der Waals surface area contributed by atoms with Crippen LogP contribution in [0.3, 0.4) is 0 Å². The molecule has 1 aliphatic heterocycles. The number of quaternary nitrogens is 1. The molecular weight excluding hydrogens is 338 g/mol. The quantitative estimate of drug-likeness (QED) is 0.801. The number of thiocarbonyl (C=S) groups is 1. The molecule has 5 heteroatoms. The predicted molar refractivity (Wildman–Crippen MR) is 106 cm³/mol. The molecule has 2 aliphatic rings. The number of piperidine rings is 1. The van der Waals surface area contributed by atoms with Gasteiger partial charge in [0.05, 0.1) is 19.1 Å². The second-order valence-corrected chi connectivity index (χ2v) is 8.12. The number of benzene rings is 1. The fraction of sp³-hybridized carbons (Fsp3) is 0.632. The molecule has 1 saturated carbocycles. The number of likely N-dealkylation sites (tertiary alicyclic amines) is 1. The summed E-state index contributed by atoms with van der Waals surface area (Å²) in [4.78, 5) is 4.07. The third-order valence-corrected chi connectivity index (χ3v) is 6.70. The van der Waals surface area contributed by atoms with Gasteiger partial charge in [0.25, 0.3) is 0 Å². The van der Waals surface area contributed by atoms with E-state index in [0.717, 1.165) is 46.6 Å². The molecule has 2 fully saturated rings. The van der Waals surface area contributed by atoms with E-state index in [1.165, 1.54) is 38.5 Å². The van der Waals surface area contributed by atoms with Crippen molar-refractivity contribution < 1.29 is 4.90 Å². The molecule has 1 atom stereocenters. The first-order valence-electron chi connectivity index (χ1n) is 9.20. The summed E-state index contributed by atoms with van der Waals surface area (Å²) in [6.07, 6.45) is 8.15. The Kier molecular flexibility index (Phi) is 6.01. The highest BCUT2D eigenvalue weighted by molar-refractivity contribution is 7.80. The fourth-order valence-corrected chi connectivity index (χ4v) is 4.66. The third kappa shape index (κ3) is 4.04. The van der Waals surface area contributed by atoms with Gasteiger partial charge in [0, 0.05) is 36.6 Å². The van der Waals surface area contributed by atoms with Crippen LogP contribution in [0.25, 0.3) is 0 Å². The number of hydrogen-bond acceptors (Lipinski definition) is 1. The van der Waals surface area contributed by atoms with Gasteiger partial charge in [-0.25, -0.2) is 0 Å². The molecule has 132 valence electrons. The molecule has 1 unspecified atom stereocenters. The molecule has 3 nitrogen and oxygen atoms in total. The Morgan fingerprint density at radius 2 is 1.79 bits per heavy atom. The van der Waals surface area contributed by atoms with E-state index in [1.54, 1.807) is 4.90 Å². The van der Waals surface area contributed by atoms with Crippen LogP contribution < -0.4 is 10.2 Å². The van der Waals surface area contributed by atoms with Crippen LogP contribution in [-0.4, -0.2) is 42.2 Å². The van der Waals surface area contributed by atoms with Crippen LogP contribution >= 0.6 is 23.8 Å². The maximum Gasteiger partial charge on any atom is 0.173 e. The molecule has 1 aromatic rings. The fourth-order valence-electron chi connectivity index (χ4n) is 4.19. The molecule has 3 rings (SSSR count). The lowest BCUT2D eigenvalue weighted by Crippen LogP contribution is -3.16. The predicted octanol–water partition coefficient (Wildman–Crippen LogP) is 3.27. The maximum absolute atomic E-state index is 6.20. The number of hydrogen-bond donors (Lipinski definition) is 2. The largest absolute Gasteiger partial charge is 0.349 e. The van der Waals surface area contributed by atoms with Crippen LogP contribution in [0.2, 0.25) is 5.02 Å². The van der Waals surface area contributed by atoms with Gasteiger partial charge in [-0.3, -0.25) is 0 Å². The van der Waals surface area contributed by atoms with Gasteiger partial charge in [-0.1, -0.05) is 17.7 Å². The van der Waals surface area contributed by atoms with Crippen molar-refractivity contribution in [1.82, 2.24) is 4.90 Å². The van der Waals surface area contributed by atoms with Gasteiger partial charge in [-0.2, -0.15) is 0 Å². The SMILES string of the molecule is Cc1c(Cl)cccc1NC(=S)N1CCC([NH+](C)C2CCCC2)CC1. The summed E-state index contributed by atoms with van der Waals surface area (Å²) in [5.41, 5.74) is 2.07. The minimum atomic E-state index is 0.781. The van der Waals surface area contributed by atoms with Gasteiger partial charge >= 0.3 is 0 Å². The van der Waals surface area contributed by atoms with Crippen LogP contribution in [0.4, 0.5) is 5.69 Å². The normalized spacial score (nSPS) is 21.0. The molecule has 0 radical (unpaired) electrons. The Morgan fingerprint density at radius 3 is 2.46 bits per heavy atom. The van der Waals surface area contributed by atoms with Crippen LogP contribution in [0, 0.1) is 6.92 Å². The zero-order valence-corrected chi connectivity index (χ0v) is 16.3. The molecule has 2 N–H and O–H groups in total. The number of halogens is 1. The van der Waals surface area contributed by atoms with Crippen molar-refractivity contribution in [3.8, 4) is 0 Å². The van der Waals surface area contributed by atoms with Gasteiger partial charge in [-0.15, -0.1) is 0 Å². The average molecular weight is 367 g/mol. The lowest BCUT2D eigenvalue weighted by molar-refractivity contribution is -0.931. The zero-order valence-electron chi connectivity index (χ0n) is 14.8. The summed E-state index contributed by atoms with van der Waals surface area (Å²) in [5.74, 6) is 0. The van der Waals surface area contributed by atoms with Gasteiger partial charge in [0.2, 0.25) is 0 Å². The first kappa shape index (κ1) is 18.0. The summed E-state index contributed by atoms with van der Waals surface area (Å²) in [6, 6.07) is 7.60. The summed E-state index contributed by atoms with van der Waals surface area (Å²) in [5, 5.41) is 5.00. The Morgan fingerprint density at radius 1 is 1.17 bits per heavy atom. The first-order valence-corrected chi connectivity index (χ1v) is 9.99. The number of anilines is 1. The van der Waals surface area contributed by atoms with Gasteiger partial charge < -0.3 is 15.1 Å². The summed E-state index contributed by atoms with van der Waals surface area (Å²) in [7, 11) is 2.40. The molecule has 1 heterocycles. The van der Waals surface area contributed by atoms with Crippen molar-refractivity contribution in [3.05, 3.63) is 28.8 Å². The lowest BCUT2D eigenvalue weighted by Gasteiger charge is -2.38. The smallest absolute Gasteiger partial charge is 0.173 e. The van der Waals surface area contributed by atoms with Crippen LogP contribution in [-0.2, 0) is 0 Å². The van der Waals surface area contributed by atoms with E-state index < -0.39 is 0 Å². The zero-order chi connectivity index (χ0) is 17.1. The second kappa shape index (κ2) is 8.03. The molecule has 1 saturated heterocycles. The lowest BCUT2D eigenvalue weighted by atomic mass is 10.0. The minimum absolute atomic E-state index is 0.781. The van der Waals surface area contributed by atoms with Crippen LogP contribution in [0.5, 0.6) is 0 Å². The van der Waals surface area contributed by atoms with Crippen molar-refractivity contribution in [2.45, 2.75) is 57.5 Å². The van der Waals surface area contributed by atoms with Crippen molar-refractivity contribution >= 4 is 34.6 Å².